The number of rotatable bonds is 0. The van der Waals surface area contributed by atoms with Crippen LogP contribution in [0.15, 0.2) is 0 Å². The Balaban J connectivity index is -0.0000000575. The van der Waals surface area contributed by atoms with E-state index in [-0.39, 0.29) is 12.4 Å². The molecule has 8 heteroatoms. The highest BCUT2D eigenvalue weighted by Crippen LogP contribution is 1.38. The Labute approximate surface area is 55.2 Å². The van der Waals surface area contributed by atoms with Gasteiger partial charge in [0, 0.05) is 4.66 Å². The van der Waals surface area contributed by atoms with Crippen LogP contribution in [0.4, 0.5) is 0 Å². The van der Waals surface area contributed by atoms with Crippen LogP contribution in [0, 0.1) is 10.8 Å². The van der Waals surface area contributed by atoms with Gasteiger partial charge in [-0.25, -0.2) is 0 Å². The van der Waals surface area contributed by atoms with Crippen molar-refractivity contribution in [3.8, 4) is 0 Å². The van der Waals surface area contributed by atoms with Crippen molar-refractivity contribution < 1.29 is 24.8 Å². The molecule has 0 unspecified atom stereocenters. The van der Waals surface area contributed by atoms with Crippen molar-refractivity contribution in [3.05, 3.63) is 0 Å². The number of halogens is 2. The number of hydrogen-bond donors (Lipinski definition) is 4. The molecule has 0 spiro atoms. The van der Waals surface area contributed by atoms with Crippen LogP contribution in [-0.2, 0) is 0 Å². The molecule has 0 amide bonds. The van der Waals surface area contributed by atoms with Crippen molar-refractivity contribution in [2.45, 2.75) is 0 Å². The molecule has 8 heavy (non-hydrogen) atoms. The minimum absolute atomic E-state index is 0. The lowest BCUT2D eigenvalue weighted by molar-refractivity contribution is -1.63. The second-order valence-electron chi connectivity index (χ2n) is 0.368. The zero-order valence-electron chi connectivity index (χ0n) is 3.70. The summed E-state index contributed by atoms with van der Waals surface area (Å²) in [5, 5.41) is 0. The minimum Gasteiger partial charge on any atom is -0.321 e. The van der Waals surface area contributed by atoms with Gasteiger partial charge in [0.15, 0.2) is 0 Å². The summed E-state index contributed by atoms with van der Waals surface area (Å²) in [6.07, 6.45) is 0. The van der Waals surface area contributed by atoms with Gasteiger partial charge in [-0.3, -0.25) is 11.7 Å². The van der Waals surface area contributed by atoms with Crippen molar-refractivity contribution in [1.82, 2.24) is 5.53 Å². The first kappa shape index (κ1) is 15.8. The third kappa shape index (κ3) is 1560. The summed E-state index contributed by atoms with van der Waals surface area (Å²) < 4.78 is 24.0. The monoisotopic (exact) mass is 167 g/mol. The van der Waals surface area contributed by atoms with Crippen molar-refractivity contribution in [2.75, 3.05) is 0 Å². The lowest BCUT2D eigenvalue weighted by atomic mass is 12.6. The Morgan fingerprint density at radius 1 is 1.38 bits per heavy atom. The lowest BCUT2D eigenvalue weighted by Crippen LogP contribution is -2.30. The van der Waals surface area contributed by atoms with E-state index in [1.807, 2.05) is 0 Å². The van der Waals surface area contributed by atoms with Crippen LogP contribution in [0.3, 0.4) is 0 Å². The molecule has 0 radical (unpaired) electrons. The van der Waals surface area contributed by atoms with E-state index in [1.165, 1.54) is 0 Å². The topological polar surface area (TPSA) is 130 Å². The molecule has 6 nitrogen and oxygen atoms in total. The zero-order chi connectivity index (χ0) is 6.28. The van der Waals surface area contributed by atoms with Crippen LogP contribution in [0.5, 0.6) is 0 Å². The first-order chi connectivity index (χ1) is 3.15. The molecular weight excluding hydrogens is 161 g/mol. The third-order valence-electron chi connectivity index (χ3n) is 0. The molecule has 0 aliphatic rings. The standard InChI is InChI=1S/ClHO3.ClH.H5N3/c2-1(3)4;;1-3-2/h2H;1H;3H,1-2H2. The maximum absolute atomic E-state index is 8.52. The molecule has 0 saturated heterocycles. The molecule has 0 atom stereocenters. The smallest absolute Gasteiger partial charge is 0.282 e. The van der Waals surface area contributed by atoms with Gasteiger partial charge >= 0.3 is 0 Å². The van der Waals surface area contributed by atoms with E-state index in [4.69, 9.17) is 14.0 Å². The number of hydrazine groups is 2. The molecule has 0 rings (SSSR count). The van der Waals surface area contributed by atoms with Crippen molar-refractivity contribution in [3.63, 3.8) is 0 Å². The Morgan fingerprint density at radius 2 is 1.38 bits per heavy atom. The van der Waals surface area contributed by atoms with Gasteiger partial charge in [0.25, 0.3) is 10.8 Å². The molecule has 0 bridgehead atoms. The summed E-state index contributed by atoms with van der Waals surface area (Å²) in [6.45, 7) is 0. The van der Waals surface area contributed by atoms with Crippen LogP contribution in [0.25, 0.3) is 0 Å². The van der Waals surface area contributed by atoms with Gasteiger partial charge in [0.1, 0.15) is 0 Å². The SMILES string of the molecule is Cl.NNN.[O-][Cl+2]([O-])O. The van der Waals surface area contributed by atoms with E-state index >= 15 is 0 Å². The van der Waals surface area contributed by atoms with Crippen LogP contribution < -0.4 is 26.5 Å². The quantitative estimate of drug-likeness (QED) is 0.214. The molecule has 54 valence electrons. The fourth-order valence-electron chi connectivity index (χ4n) is 0. The Hall–Kier alpha value is 0.340. The van der Waals surface area contributed by atoms with Crippen LogP contribution in [-0.4, -0.2) is 4.66 Å². The third-order valence-corrected chi connectivity index (χ3v) is 0. The number of nitrogens with two attached hydrogens (primary N) is 2. The van der Waals surface area contributed by atoms with E-state index in [1.54, 1.807) is 5.53 Å². The predicted octanol–water partition coefficient (Wildman–Crippen LogP) is -4.19. The Morgan fingerprint density at radius 3 is 1.38 bits per heavy atom. The van der Waals surface area contributed by atoms with E-state index in [0.29, 0.717) is 0 Å². The molecule has 0 aromatic heterocycles. The fraction of sp³-hybridized carbons (Fsp3) is 0. The van der Waals surface area contributed by atoms with E-state index in [0.717, 1.165) is 0 Å². The summed E-state index contributed by atoms with van der Waals surface area (Å²) in [7, 11) is -2.60. The first-order valence-corrected chi connectivity index (χ1v) is 2.01. The average molecular weight is 168 g/mol. The number of hydrogen-bond acceptors (Lipinski definition) is 6. The maximum atomic E-state index is 8.52. The summed E-state index contributed by atoms with van der Waals surface area (Å²) in [5.41, 5.74) is 1.75. The summed E-state index contributed by atoms with van der Waals surface area (Å²) in [6, 6.07) is 0. The molecule has 0 aliphatic heterocycles. The van der Waals surface area contributed by atoms with Crippen molar-refractivity contribution in [2.24, 2.45) is 11.7 Å². The normalized spacial score (nSPS) is 6.75. The largest absolute Gasteiger partial charge is 0.321 e. The fourth-order valence-corrected chi connectivity index (χ4v) is 0. The lowest BCUT2D eigenvalue weighted by Gasteiger charge is -1.72. The first-order valence-electron chi connectivity index (χ1n) is 1.05. The minimum atomic E-state index is -2.60. The van der Waals surface area contributed by atoms with Gasteiger partial charge in [-0.15, -0.1) is 12.4 Å². The Bertz CT molecular complexity index is 23.7. The van der Waals surface area contributed by atoms with Crippen LogP contribution in [0.1, 0.15) is 0 Å². The van der Waals surface area contributed by atoms with Gasteiger partial charge in [0.2, 0.25) is 0 Å². The van der Waals surface area contributed by atoms with E-state index in [9.17, 15) is 0 Å². The highest BCUT2D eigenvalue weighted by atomic mass is 35.6. The molecular formula is H7Cl2N3O3. The molecule has 6 N–H and O–H groups in total. The van der Waals surface area contributed by atoms with Gasteiger partial charge in [-0.2, -0.15) is 5.53 Å². The van der Waals surface area contributed by atoms with Crippen LogP contribution in [0.2, 0.25) is 0 Å². The van der Waals surface area contributed by atoms with Gasteiger partial charge < -0.3 is 9.32 Å². The molecule has 0 aromatic carbocycles. The van der Waals surface area contributed by atoms with Crippen LogP contribution >= 0.6 is 12.4 Å². The van der Waals surface area contributed by atoms with E-state index < -0.39 is 10.8 Å². The Kier molecular flexibility index (Phi) is 30.9. The second-order valence-corrected chi connectivity index (χ2v) is 0.770. The van der Waals surface area contributed by atoms with Crippen molar-refractivity contribution in [1.29, 1.82) is 0 Å². The highest BCUT2D eigenvalue weighted by Gasteiger charge is 1.79. The molecule has 0 aromatic rings. The van der Waals surface area contributed by atoms with Crippen molar-refractivity contribution >= 4 is 12.4 Å². The highest BCUT2D eigenvalue weighted by molar-refractivity contribution is 5.85. The predicted molar refractivity (Wildman–Crippen MR) is 21.0 cm³/mol. The molecule has 0 heterocycles. The van der Waals surface area contributed by atoms with Gasteiger partial charge in [-0.1, -0.05) is 0 Å². The summed E-state index contributed by atoms with van der Waals surface area (Å²) >= 11 is 0. The van der Waals surface area contributed by atoms with Gasteiger partial charge in [0.05, 0.1) is 0 Å². The second kappa shape index (κ2) is 15.7. The van der Waals surface area contributed by atoms with E-state index in [2.05, 4.69) is 11.7 Å². The zero-order valence-corrected chi connectivity index (χ0v) is 5.28. The summed E-state index contributed by atoms with van der Waals surface area (Å²) in [5.74, 6) is 8.75. The number of nitrogens with one attached hydrogen (secondary N) is 1. The summed E-state index contributed by atoms with van der Waals surface area (Å²) in [4.78, 5) is 0. The maximum Gasteiger partial charge on any atom is 0.282 e. The van der Waals surface area contributed by atoms with Gasteiger partial charge in [-0.05, 0) is 0 Å². The molecule has 0 saturated carbocycles. The molecule has 0 fully saturated rings. The molecule has 0 aliphatic carbocycles. The average Bonchev–Trinajstić information content (AvgIpc) is 1.33.